The lowest BCUT2D eigenvalue weighted by Gasteiger charge is -2.27. The largest absolute Gasteiger partial charge is 0.480 e. The molecule has 3 nitrogen and oxygen atoms in total. The number of aromatic nitrogens is 1. The highest BCUT2D eigenvalue weighted by Gasteiger charge is 2.21. The van der Waals surface area contributed by atoms with Gasteiger partial charge in [-0.2, -0.15) is 0 Å². The van der Waals surface area contributed by atoms with Crippen molar-refractivity contribution in [2.75, 3.05) is 11.9 Å². The molecular weight excluding hydrogens is 231 g/mol. The number of anilines is 1. The van der Waals surface area contributed by atoms with Gasteiger partial charge in [0.1, 0.15) is 11.6 Å². The van der Waals surface area contributed by atoms with Gasteiger partial charge in [-0.05, 0) is 36.8 Å². The minimum atomic E-state index is -0.334. The standard InChI is InChI=1S/C14H13FN2O/c1-9-2-4-11-13(6-9)18-14(8-17-11)12-5-3-10(15)7-16-12/h2-7,14,17H,8H2,1H3. The molecule has 2 aromatic rings. The summed E-state index contributed by atoms with van der Waals surface area (Å²) < 4.78 is 18.7. The zero-order valence-corrected chi connectivity index (χ0v) is 9.98. The van der Waals surface area contributed by atoms with Crippen molar-refractivity contribution in [1.29, 1.82) is 0 Å². The second kappa shape index (κ2) is 4.29. The molecule has 4 heteroatoms. The van der Waals surface area contributed by atoms with Gasteiger partial charge in [0.05, 0.1) is 24.1 Å². The number of aryl methyl sites for hydroxylation is 1. The van der Waals surface area contributed by atoms with Gasteiger partial charge in [0, 0.05) is 0 Å². The van der Waals surface area contributed by atoms with Gasteiger partial charge in [-0.15, -0.1) is 0 Å². The summed E-state index contributed by atoms with van der Waals surface area (Å²) in [4.78, 5) is 4.06. The number of nitrogens with one attached hydrogen (secondary N) is 1. The normalized spacial score (nSPS) is 17.6. The number of halogens is 1. The first-order chi connectivity index (χ1) is 8.72. The number of hydrogen-bond donors (Lipinski definition) is 1. The van der Waals surface area contributed by atoms with Gasteiger partial charge >= 0.3 is 0 Å². The maximum Gasteiger partial charge on any atom is 0.158 e. The number of ether oxygens (including phenoxy) is 1. The van der Waals surface area contributed by atoms with Crippen molar-refractivity contribution in [3.05, 3.63) is 53.6 Å². The summed E-state index contributed by atoms with van der Waals surface area (Å²) in [5.74, 6) is 0.483. The van der Waals surface area contributed by atoms with E-state index in [9.17, 15) is 4.39 Å². The minimum Gasteiger partial charge on any atom is -0.480 e. The van der Waals surface area contributed by atoms with Crippen LogP contribution in [0.1, 0.15) is 17.4 Å². The summed E-state index contributed by atoms with van der Waals surface area (Å²) in [7, 11) is 0. The summed E-state index contributed by atoms with van der Waals surface area (Å²) in [6.45, 7) is 2.65. The highest BCUT2D eigenvalue weighted by molar-refractivity contribution is 5.59. The third-order valence-electron chi connectivity index (χ3n) is 2.96. The lowest BCUT2D eigenvalue weighted by atomic mass is 10.1. The van der Waals surface area contributed by atoms with Crippen LogP contribution in [0.4, 0.5) is 10.1 Å². The molecule has 0 radical (unpaired) electrons. The second-order valence-electron chi connectivity index (χ2n) is 4.39. The maximum absolute atomic E-state index is 12.8. The van der Waals surface area contributed by atoms with Crippen LogP contribution in [0.3, 0.4) is 0 Å². The zero-order valence-electron chi connectivity index (χ0n) is 9.98. The Kier molecular flexibility index (Phi) is 2.63. The third-order valence-corrected chi connectivity index (χ3v) is 2.96. The quantitative estimate of drug-likeness (QED) is 0.837. The van der Waals surface area contributed by atoms with Crippen LogP contribution >= 0.6 is 0 Å². The van der Waals surface area contributed by atoms with Gasteiger partial charge < -0.3 is 10.1 Å². The van der Waals surface area contributed by atoms with E-state index in [2.05, 4.69) is 10.3 Å². The molecule has 1 unspecified atom stereocenters. The first kappa shape index (κ1) is 11.0. The molecule has 3 rings (SSSR count). The monoisotopic (exact) mass is 244 g/mol. The maximum atomic E-state index is 12.8. The van der Waals surface area contributed by atoms with E-state index in [4.69, 9.17) is 4.74 Å². The lowest BCUT2D eigenvalue weighted by molar-refractivity contribution is 0.205. The molecule has 0 saturated heterocycles. The second-order valence-corrected chi connectivity index (χ2v) is 4.39. The van der Waals surface area contributed by atoms with Gasteiger partial charge in [-0.1, -0.05) is 6.07 Å². The fourth-order valence-electron chi connectivity index (χ4n) is 2.01. The van der Waals surface area contributed by atoms with Crippen molar-refractivity contribution >= 4 is 5.69 Å². The van der Waals surface area contributed by atoms with E-state index >= 15 is 0 Å². The van der Waals surface area contributed by atoms with E-state index < -0.39 is 0 Å². The molecule has 0 spiro atoms. The minimum absolute atomic E-state index is 0.181. The Balaban J connectivity index is 1.88. The number of benzene rings is 1. The van der Waals surface area contributed by atoms with Crippen molar-refractivity contribution in [2.24, 2.45) is 0 Å². The van der Waals surface area contributed by atoms with Crippen molar-refractivity contribution in [1.82, 2.24) is 4.98 Å². The number of hydrogen-bond acceptors (Lipinski definition) is 3. The summed E-state index contributed by atoms with van der Waals surface area (Å²) in [5, 5.41) is 3.29. The van der Waals surface area contributed by atoms with E-state index in [-0.39, 0.29) is 11.9 Å². The van der Waals surface area contributed by atoms with Crippen LogP contribution in [0, 0.1) is 12.7 Å². The molecule has 1 atom stereocenters. The first-order valence-corrected chi connectivity index (χ1v) is 5.85. The van der Waals surface area contributed by atoms with Crippen molar-refractivity contribution in [3.8, 4) is 5.75 Å². The fraction of sp³-hybridized carbons (Fsp3) is 0.214. The van der Waals surface area contributed by atoms with E-state index in [1.54, 1.807) is 6.07 Å². The number of fused-ring (bicyclic) bond motifs is 1. The van der Waals surface area contributed by atoms with E-state index in [0.717, 1.165) is 22.7 Å². The predicted octanol–water partition coefficient (Wildman–Crippen LogP) is 3.07. The van der Waals surface area contributed by atoms with Crippen LogP contribution < -0.4 is 10.1 Å². The summed E-state index contributed by atoms with van der Waals surface area (Å²) in [6, 6.07) is 9.07. The molecule has 18 heavy (non-hydrogen) atoms. The molecule has 0 fully saturated rings. The van der Waals surface area contributed by atoms with Crippen molar-refractivity contribution < 1.29 is 9.13 Å². The predicted molar refractivity (Wildman–Crippen MR) is 67.2 cm³/mol. The molecule has 1 aromatic heterocycles. The average Bonchev–Trinajstić information content (AvgIpc) is 2.38. The molecule has 1 N–H and O–H groups in total. The Morgan fingerprint density at radius 2 is 2.22 bits per heavy atom. The van der Waals surface area contributed by atoms with Crippen LogP contribution in [0.5, 0.6) is 5.75 Å². The Hall–Kier alpha value is -2.10. The first-order valence-electron chi connectivity index (χ1n) is 5.85. The molecule has 1 aliphatic rings. The molecule has 2 heterocycles. The van der Waals surface area contributed by atoms with E-state index in [0.29, 0.717) is 6.54 Å². The van der Waals surface area contributed by atoms with Gasteiger partial charge in [0.15, 0.2) is 6.10 Å². The summed E-state index contributed by atoms with van der Waals surface area (Å²) in [5.41, 5.74) is 2.86. The van der Waals surface area contributed by atoms with E-state index in [1.165, 1.54) is 12.3 Å². The summed E-state index contributed by atoms with van der Waals surface area (Å²) >= 11 is 0. The van der Waals surface area contributed by atoms with Gasteiger partial charge in [-0.3, -0.25) is 4.98 Å². The Bertz CT molecular complexity index is 569. The number of rotatable bonds is 1. The highest BCUT2D eigenvalue weighted by Crippen LogP contribution is 2.34. The van der Waals surface area contributed by atoms with Crippen molar-refractivity contribution in [3.63, 3.8) is 0 Å². The third kappa shape index (κ3) is 2.01. The SMILES string of the molecule is Cc1ccc2c(c1)OC(c1ccc(F)cn1)CN2. The topological polar surface area (TPSA) is 34.1 Å². The Morgan fingerprint density at radius 3 is 3.00 bits per heavy atom. The highest BCUT2D eigenvalue weighted by atomic mass is 19.1. The zero-order chi connectivity index (χ0) is 12.5. The molecule has 92 valence electrons. The van der Waals surface area contributed by atoms with Gasteiger partial charge in [-0.25, -0.2) is 4.39 Å². The van der Waals surface area contributed by atoms with Gasteiger partial charge in [0.2, 0.25) is 0 Å². The van der Waals surface area contributed by atoms with Crippen LogP contribution in [0.15, 0.2) is 36.5 Å². The fourth-order valence-corrected chi connectivity index (χ4v) is 2.01. The van der Waals surface area contributed by atoms with Crippen LogP contribution in [0.2, 0.25) is 0 Å². The van der Waals surface area contributed by atoms with Crippen LogP contribution in [-0.4, -0.2) is 11.5 Å². The molecule has 0 bridgehead atoms. The molecule has 0 aliphatic carbocycles. The molecule has 0 saturated carbocycles. The Morgan fingerprint density at radius 1 is 1.33 bits per heavy atom. The average molecular weight is 244 g/mol. The van der Waals surface area contributed by atoms with E-state index in [1.807, 2.05) is 25.1 Å². The lowest BCUT2D eigenvalue weighted by Crippen LogP contribution is -2.24. The molecule has 0 amide bonds. The molecule has 1 aliphatic heterocycles. The molecular formula is C14H13FN2O. The van der Waals surface area contributed by atoms with Crippen molar-refractivity contribution in [2.45, 2.75) is 13.0 Å². The van der Waals surface area contributed by atoms with Gasteiger partial charge in [0.25, 0.3) is 0 Å². The summed E-state index contributed by atoms with van der Waals surface area (Å²) in [6.07, 6.45) is 1.03. The Labute approximate surface area is 105 Å². The number of nitrogens with zero attached hydrogens (tertiary/aromatic N) is 1. The number of pyridine rings is 1. The molecule has 1 aromatic carbocycles. The smallest absolute Gasteiger partial charge is 0.158 e. The van der Waals surface area contributed by atoms with Crippen LogP contribution in [0.25, 0.3) is 0 Å². The van der Waals surface area contributed by atoms with Crippen LogP contribution in [-0.2, 0) is 0 Å².